The summed E-state index contributed by atoms with van der Waals surface area (Å²) >= 11 is 0. The summed E-state index contributed by atoms with van der Waals surface area (Å²) in [5.41, 5.74) is 4.22. The van der Waals surface area contributed by atoms with Crippen LogP contribution < -0.4 is 10.1 Å². The largest absolute Gasteiger partial charge is 0.491 e. The molecule has 0 fully saturated rings. The van der Waals surface area contributed by atoms with Gasteiger partial charge in [0.05, 0.1) is 12.5 Å². The Labute approximate surface area is 161 Å². The summed E-state index contributed by atoms with van der Waals surface area (Å²) in [6.45, 7) is 4.96. The molecule has 0 aliphatic rings. The van der Waals surface area contributed by atoms with Gasteiger partial charge in [-0.3, -0.25) is 4.79 Å². The van der Waals surface area contributed by atoms with E-state index in [1.807, 2.05) is 86.6 Å². The third-order valence-electron chi connectivity index (χ3n) is 4.53. The number of ether oxygens (including phenoxy) is 1. The molecule has 1 amide bonds. The lowest BCUT2D eigenvalue weighted by Crippen LogP contribution is -2.33. The molecule has 0 unspecified atom stereocenters. The molecule has 0 aliphatic carbocycles. The van der Waals surface area contributed by atoms with E-state index >= 15 is 0 Å². The van der Waals surface area contributed by atoms with Crippen LogP contribution in [0.25, 0.3) is 0 Å². The van der Waals surface area contributed by atoms with Crippen molar-refractivity contribution in [1.29, 1.82) is 0 Å². The van der Waals surface area contributed by atoms with Crippen molar-refractivity contribution in [3.05, 3.63) is 101 Å². The Balaban J connectivity index is 1.64. The molecule has 0 bridgehead atoms. The molecule has 3 rings (SSSR count). The minimum Gasteiger partial charge on any atom is -0.491 e. The number of hydrogen-bond donors (Lipinski definition) is 1. The second-order valence-corrected chi connectivity index (χ2v) is 6.66. The molecule has 0 saturated carbocycles. The predicted octanol–water partition coefficient (Wildman–Crippen LogP) is 4.63. The zero-order chi connectivity index (χ0) is 19.1. The molecule has 0 heterocycles. The molecule has 0 spiro atoms. The molecule has 1 N–H and O–H groups in total. The van der Waals surface area contributed by atoms with Crippen molar-refractivity contribution in [2.75, 3.05) is 13.2 Å². The predicted molar refractivity (Wildman–Crippen MR) is 109 cm³/mol. The van der Waals surface area contributed by atoms with Crippen LogP contribution >= 0.6 is 0 Å². The Bertz CT molecular complexity index is 836. The number of carbonyl (C=O) groups is 1. The molecule has 3 aromatic carbocycles. The van der Waals surface area contributed by atoms with Gasteiger partial charge in [-0.1, -0.05) is 72.8 Å². The molecular weight excluding hydrogens is 334 g/mol. The van der Waals surface area contributed by atoms with Crippen LogP contribution in [0.1, 0.15) is 28.2 Å². The lowest BCUT2D eigenvalue weighted by Gasteiger charge is -2.18. The van der Waals surface area contributed by atoms with Crippen LogP contribution in [0.4, 0.5) is 0 Å². The standard InChI is InChI=1S/C24H25NO2/c1-18-13-14-19(2)22(17-18)27-16-15-25-24(26)23(20-9-5-3-6-10-20)21-11-7-4-8-12-21/h3-14,17,23H,15-16H2,1-2H3,(H,25,26). The van der Waals surface area contributed by atoms with Crippen molar-refractivity contribution in [1.82, 2.24) is 5.32 Å². The number of amides is 1. The average molecular weight is 359 g/mol. The maximum atomic E-state index is 12.9. The number of hydrogen-bond acceptors (Lipinski definition) is 2. The minimum atomic E-state index is -0.326. The van der Waals surface area contributed by atoms with E-state index < -0.39 is 0 Å². The summed E-state index contributed by atoms with van der Waals surface area (Å²) in [6, 6.07) is 25.9. The van der Waals surface area contributed by atoms with E-state index in [0.717, 1.165) is 28.0 Å². The van der Waals surface area contributed by atoms with Gasteiger partial charge in [0.25, 0.3) is 0 Å². The van der Waals surface area contributed by atoms with Crippen molar-refractivity contribution in [3.63, 3.8) is 0 Å². The molecule has 138 valence electrons. The van der Waals surface area contributed by atoms with Gasteiger partial charge in [0, 0.05) is 0 Å². The first-order valence-corrected chi connectivity index (χ1v) is 9.23. The Kier molecular flexibility index (Phi) is 6.26. The molecule has 0 atom stereocenters. The number of rotatable bonds is 7. The van der Waals surface area contributed by atoms with Gasteiger partial charge in [0.2, 0.25) is 5.91 Å². The van der Waals surface area contributed by atoms with E-state index in [-0.39, 0.29) is 11.8 Å². The number of aryl methyl sites for hydroxylation is 2. The summed E-state index contributed by atoms with van der Waals surface area (Å²) in [5.74, 6) is 0.525. The highest BCUT2D eigenvalue weighted by atomic mass is 16.5. The van der Waals surface area contributed by atoms with Gasteiger partial charge in [-0.2, -0.15) is 0 Å². The van der Waals surface area contributed by atoms with Crippen LogP contribution in [-0.2, 0) is 4.79 Å². The van der Waals surface area contributed by atoms with Crippen LogP contribution in [0, 0.1) is 13.8 Å². The van der Waals surface area contributed by atoms with Crippen LogP contribution in [-0.4, -0.2) is 19.1 Å². The van der Waals surface area contributed by atoms with Gasteiger partial charge in [-0.25, -0.2) is 0 Å². The minimum absolute atomic E-state index is 0.0167. The van der Waals surface area contributed by atoms with Gasteiger partial charge in [-0.05, 0) is 42.2 Å². The molecule has 0 radical (unpaired) electrons. The van der Waals surface area contributed by atoms with E-state index in [4.69, 9.17) is 4.74 Å². The lowest BCUT2D eigenvalue weighted by atomic mass is 9.90. The summed E-state index contributed by atoms with van der Waals surface area (Å²) < 4.78 is 5.84. The van der Waals surface area contributed by atoms with Gasteiger partial charge in [0.15, 0.2) is 0 Å². The molecule has 3 heteroatoms. The fraction of sp³-hybridized carbons (Fsp3) is 0.208. The van der Waals surface area contributed by atoms with E-state index in [1.165, 1.54) is 0 Å². The number of nitrogens with one attached hydrogen (secondary N) is 1. The molecule has 3 nitrogen and oxygen atoms in total. The highest BCUT2D eigenvalue weighted by Crippen LogP contribution is 2.24. The highest BCUT2D eigenvalue weighted by Gasteiger charge is 2.22. The Morgan fingerprint density at radius 1 is 0.889 bits per heavy atom. The van der Waals surface area contributed by atoms with Crippen LogP contribution in [0.15, 0.2) is 78.9 Å². The molecule has 3 aromatic rings. The first kappa shape index (κ1) is 18.7. The fourth-order valence-electron chi connectivity index (χ4n) is 3.09. The third-order valence-corrected chi connectivity index (χ3v) is 4.53. The maximum absolute atomic E-state index is 12.9. The van der Waals surface area contributed by atoms with E-state index in [9.17, 15) is 4.79 Å². The van der Waals surface area contributed by atoms with E-state index in [2.05, 4.69) is 11.4 Å². The van der Waals surface area contributed by atoms with E-state index in [0.29, 0.717) is 13.2 Å². The van der Waals surface area contributed by atoms with Crippen molar-refractivity contribution in [3.8, 4) is 5.75 Å². The average Bonchev–Trinajstić information content (AvgIpc) is 2.70. The second-order valence-electron chi connectivity index (χ2n) is 6.66. The number of benzene rings is 3. The van der Waals surface area contributed by atoms with Crippen molar-refractivity contribution >= 4 is 5.91 Å². The Morgan fingerprint density at radius 2 is 1.48 bits per heavy atom. The van der Waals surface area contributed by atoms with Crippen molar-refractivity contribution < 1.29 is 9.53 Å². The summed E-state index contributed by atoms with van der Waals surface area (Å²) in [4.78, 5) is 12.9. The summed E-state index contributed by atoms with van der Waals surface area (Å²) in [7, 11) is 0. The SMILES string of the molecule is Cc1ccc(C)c(OCCNC(=O)C(c2ccccc2)c2ccccc2)c1. The molecule has 27 heavy (non-hydrogen) atoms. The smallest absolute Gasteiger partial charge is 0.232 e. The van der Waals surface area contributed by atoms with E-state index in [1.54, 1.807) is 0 Å². The van der Waals surface area contributed by atoms with Gasteiger partial charge >= 0.3 is 0 Å². The summed E-state index contributed by atoms with van der Waals surface area (Å²) in [5, 5.41) is 3.02. The zero-order valence-electron chi connectivity index (χ0n) is 15.8. The Hall–Kier alpha value is -3.07. The lowest BCUT2D eigenvalue weighted by molar-refractivity contribution is -0.121. The number of carbonyl (C=O) groups excluding carboxylic acids is 1. The summed E-state index contributed by atoms with van der Waals surface area (Å²) in [6.07, 6.45) is 0. The van der Waals surface area contributed by atoms with Gasteiger partial charge < -0.3 is 10.1 Å². The first-order chi connectivity index (χ1) is 13.1. The van der Waals surface area contributed by atoms with Crippen LogP contribution in [0.2, 0.25) is 0 Å². The molecule has 0 aliphatic heterocycles. The fourth-order valence-corrected chi connectivity index (χ4v) is 3.09. The van der Waals surface area contributed by atoms with Crippen molar-refractivity contribution in [2.45, 2.75) is 19.8 Å². The molecular formula is C24H25NO2. The van der Waals surface area contributed by atoms with Crippen molar-refractivity contribution in [2.24, 2.45) is 0 Å². The topological polar surface area (TPSA) is 38.3 Å². The normalized spacial score (nSPS) is 10.6. The first-order valence-electron chi connectivity index (χ1n) is 9.23. The van der Waals surface area contributed by atoms with Gasteiger partial charge in [0.1, 0.15) is 12.4 Å². The molecule has 0 aromatic heterocycles. The maximum Gasteiger partial charge on any atom is 0.232 e. The highest BCUT2D eigenvalue weighted by molar-refractivity contribution is 5.87. The van der Waals surface area contributed by atoms with Crippen LogP contribution in [0.5, 0.6) is 5.75 Å². The monoisotopic (exact) mass is 359 g/mol. The zero-order valence-corrected chi connectivity index (χ0v) is 15.8. The molecule has 0 saturated heterocycles. The second kappa shape index (κ2) is 9.04. The third kappa shape index (κ3) is 4.98. The quantitative estimate of drug-likeness (QED) is 0.625. The van der Waals surface area contributed by atoms with Gasteiger partial charge in [-0.15, -0.1) is 0 Å². The Morgan fingerprint density at radius 3 is 2.07 bits per heavy atom. The van der Waals surface area contributed by atoms with Crippen LogP contribution in [0.3, 0.4) is 0 Å².